The summed E-state index contributed by atoms with van der Waals surface area (Å²) in [5.74, 6) is 1.56. The molecule has 0 aliphatic heterocycles. The molecule has 0 aromatic heterocycles. The molecule has 0 bridgehead atoms. The Morgan fingerprint density at radius 1 is 1.00 bits per heavy atom. The van der Waals surface area contributed by atoms with Crippen molar-refractivity contribution in [3.8, 4) is 11.5 Å². The molecule has 0 saturated carbocycles. The third-order valence-corrected chi connectivity index (χ3v) is 3.20. The molecule has 0 amide bonds. The van der Waals surface area contributed by atoms with E-state index in [1.807, 2.05) is 49.5 Å². The lowest BCUT2D eigenvalue weighted by Crippen LogP contribution is -2.00. The molecule has 0 aliphatic rings. The van der Waals surface area contributed by atoms with Gasteiger partial charge in [-0.2, -0.15) is 0 Å². The zero-order valence-electron chi connectivity index (χ0n) is 13.5. The molecule has 2 aromatic rings. The van der Waals surface area contributed by atoms with E-state index in [-0.39, 0.29) is 0 Å². The van der Waals surface area contributed by atoms with Crippen molar-refractivity contribution < 1.29 is 9.47 Å². The fourth-order valence-electron chi connectivity index (χ4n) is 2.06. The van der Waals surface area contributed by atoms with Gasteiger partial charge in [0.25, 0.3) is 0 Å². The lowest BCUT2D eigenvalue weighted by atomic mass is 10.2. The molecule has 3 heteroatoms. The van der Waals surface area contributed by atoms with Gasteiger partial charge in [-0.15, -0.1) is 0 Å². The molecule has 0 radical (unpaired) electrons. The van der Waals surface area contributed by atoms with Gasteiger partial charge in [0.1, 0.15) is 0 Å². The van der Waals surface area contributed by atoms with Gasteiger partial charge in [-0.25, -0.2) is 0 Å². The fourth-order valence-corrected chi connectivity index (χ4v) is 2.06. The molecule has 116 valence electrons. The second-order valence-electron chi connectivity index (χ2n) is 5.03. The van der Waals surface area contributed by atoms with Crippen LogP contribution in [0, 0.1) is 6.92 Å². The van der Waals surface area contributed by atoms with Crippen LogP contribution >= 0.6 is 0 Å². The average Bonchev–Trinajstić information content (AvgIpc) is 2.53. The van der Waals surface area contributed by atoms with E-state index in [2.05, 4.69) is 24.9 Å². The van der Waals surface area contributed by atoms with E-state index < -0.39 is 0 Å². The Balaban J connectivity index is 2.21. The van der Waals surface area contributed by atoms with Gasteiger partial charge in [0.15, 0.2) is 11.5 Å². The summed E-state index contributed by atoms with van der Waals surface area (Å²) in [4.78, 5) is 4.55. The van der Waals surface area contributed by atoms with Crippen LogP contribution in [0.3, 0.4) is 0 Å². The number of benzene rings is 2. The van der Waals surface area contributed by atoms with E-state index in [1.165, 1.54) is 0 Å². The third kappa shape index (κ3) is 4.35. The Morgan fingerprint density at radius 2 is 1.82 bits per heavy atom. The molecule has 3 nitrogen and oxygen atoms in total. The number of aryl methyl sites for hydroxylation is 1. The van der Waals surface area contributed by atoms with Gasteiger partial charge in [-0.3, -0.25) is 4.99 Å². The van der Waals surface area contributed by atoms with Crippen molar-refractivity contribution in [2.24, 2.45) is 4.99 Å². The molecule has 22 heavy (non-hydrogen) atoms. The lowest BCUT2D eigenvalue weighted by molar-refractivity contribution is 0.277. The predicted octanol–water partition coefficient (Wildman–Crippen LogP) is 4.93. The first-order valence-electron chi connectivity index (χ1n) is 7.74. The number of hydrogen-bond acceptors (Lipinski definition) is 3. The Labute approximate surface area is 132 Å². The van der Waals surface area contributed by atoms with Gasteiger partial charge < -0.3 is 9.47 Å². The fraction of sp³-hybridized carbons (Fsp3) is 0.316. The molecule has 0 atom stereocenters. The van der Waals surface area contributed by atoms with Crippen molar-refractivity contribution in [2.45, 2.75) is 27.2 Å². The number of hydrogen-bond donors (Lipinski definition) is 0. The number of nitrogens with zero attached hydrogens (tertiary/aromatic N) is 1. The first kappa shape index (κ1) is 16.1. The van der Waals surface area contributed by atoms with Crippen molar-refractivity contribution >= 4 is 11.9 Å². The Kier molecular flexibility index (Phi) is 6.01. The molecule has 2 aromatic carbocycles. The minimum Gasteiger partial charge on any atom is -0.490 e. The van der Waals surface area contributed by atoms with Gasteiger partial charge in [0.2, 0.25) is 0 Å². The molecular formula is C19H23NO2. The Bertz CT molecular complexity index is 635. The summed E-state index contributed by atoms with van der Waals surface area (Å²) in [7, 11) is 0. The summed E-state index contributed by atoms with van der Waals surface area (Å²) in [6.07, 6.45) is 2.83. The van der Waals surface area contributed by atoms with Crippen LogP contribution in [0.25, 0.3) is 0 Å². The molecule has 2 rings (SSSR count). The van der Waals surface area contributed by atoms with Crippen LogP contribution in [-0.2, 0) is 0 Å². The van der Waals surface area contributed by atoms with Crippen LogP contribution in [-0.4, -0.2) is 19.4 Å². The van der Waals surface area contributed by atoms with Crippen molar-refractivity contribution in [3.63, 3.8) is 0 Å². The van der Waals surface area contributed by atoms with E-state index in [0.29, 0.717) is 13.2 Å². The second-order valence-corrected chi connectivity index (χ2v) is 5.03. The monoisotopic (exact) mass is 297 g/mol. The Hall–Kier alpha value is -2.29. The maximum atomic E-state index is 5.71. The highest BCUT2D eigenvalue weighted by Crippen LogP contribution is 2.28. The van der Waals surface area contributed by atoms with Gasteiger partial charge in [-0.05, 0) is 55.7 Å². The number of aliphatic imine (C=N–C) groups is 1. The first-order chi connectivity index (χ1) is 10.7. The normalized spacial score (nSPS) is 10.9. The zero-order valence-corrected chi connectivity index (χ0v) is 13.5. The maximum absolute atomic E-state index is 5.71. The molecule has 0 aliphatic carbocycles. The smallest absolute Gasteiger partial charge is 0.161 e. The average molecular weight is 297 g/mol. The Morgan fingerprint density at radius 3 is 2.55 bits per heavy atom. The topological polar surface area (TPSA) is 30.8 Å². The summed E-state index contributed by atoms with van der Waals surface area (Å²) < 4.78 is 11.4. The predicted molar refractivity (Wildman–Crippen MR) is 91.8 cm³/mol. The highest BCUT2D eigenvalue weighted by molar-refractivity contribution is 5.83. The van der Waals surface area contributed by atoms with Crippen molar-refractivity contribution in [3.05, 3.63) is 53.6 Å². The largest absolute Gasteiger partial charge is 0.490 e. The molecular weight excluding hydrogens is 274 g/mol. The van der Waals surface area contributed by atoms with E-state index in [9.17, 15) is 0 Å². The summed E-state index contributed by atoms with van der Waals surface area (Å²) in [5, 5.41) is 0. The molecule has 0 fully saturated rings. The number of para-hydroxylation sites is 1. The van der Waals surface area contributed by atoms with E-state index in [4.69, 9.17) is 9.47 Å². The van der Waals surface area contributed by atoms with Crippen molar-refractivity contribution in [1.82, 2.24) is 0 Å². The van der Waals surface area contributed by atoms with E-state index >= 15 is 0 Å². The van der Waals surface area contributed by atoms with Crippen molar-refractivity contribution in [2.75, 3.05) is 13.2 Å². The van der Waals surface area contributed by atoms with Crippen LogP contribution in [0.5, 0.6) is 11.5 Å². The second kappa shape index (κ2) is 8.23. The van der Waals surface area contributed by atoms with Gasteiger partial charge in [0.05, 0.1) is 18.9 Å². The highest BCUT2D eigenvalue weighted by Gasteiger charge is 2.05. The maximum Gasteiger partial charge on any atom is 0.161 e. The minimum atomic E-state index is 0.612. The molecule has 0 heterocycles. The van der Waals surface area contributed by atoms with Gasteiger partial charge >= 0.3 is 0 Å². The van der Waals surface area contributed by atoms with E-state index in [0.717, 1.165) is 34.7 Å². The van der Waals surface area contributed by atoms with Crippen LogP contribution in [0.4, 0.5) is 5.69 Å². The third-order valence-electron chi connectivity index (χ3n) is 3.20. The minimum absolute atomic E-state index is 0.612. The number of rotatable bonds is 7. The summed E-state index contributed by atoms with van der Waals surface area (Å²) in [5.41, 5.74) is 3.13. The zero-order chi connectivity index (χ0) is 15.8. The van der Waals surface area contributed by atoms with E-state index in [1.54, 1.807) is 0 Å². The summed E-state index contributed by atoms with van der Waals surface area (Å²) in [6.45, 7) is 7.42. The first-order valence-corrected chi connectivity index (χ1v) is 7.74. The highest BCUT2D eigenvalue weighted by atomic mass is 16.5. The summed E-state index contributed by atoms with van der Waals surface area (Å²) >= 11 is 0. The van der Waals surface area contributed by atoms with Crippen molar-refractivity contribution in [1.29, 1.82) is 0 Å². The van der Waals surface area contributed by atoms with Crippen LogP contribution in [0.15, 0.2) is 47.5 Å². The van der Waals surface area contributed by atoms with Crippen LogP contribution in [0.2, 0.25) is 0 Å². The van der Waals surface area contributed by atoms with Gasteiger partial charge in [-0.1, -0.05) is 25.1 Å². The van der Waals surface area contributed by atoms with Crippen LogP contribution in [0.1, 0.15) is 31.4 Å². The molecule has 0 spiro atoms. The van der Waals surface area contributed by atoms with Crippen LogP contribution < -0.4 is 9.47 Å². The van der Waals surface area contributed by atoms with Gasteiger partial charge in [0, 0.05) is 6.21 Å². The SMILES string of the molecule is CCCOc1ccc(C=Nc2ccccc2C)cc1OCC. The summed E-state index contributed by atoms with van der Waals surface area (Å²) in [6, 6.07) is 14.0. The molecule has 0 N–H and O–H groups in total. The standard InChI is InChI=1S/C19H23NO2/c1-4-12-22-18-11-10-16(13-19(18)21-5-2)14-20-17-9-7-6-8-15(17)3/h6-11,13-14H,4-5,12H2,1-3H3. The number of ether oxygens (including phenoxy) is 2. The lowest BCUT2D eigenvalue weighted by Gasteiger charge is -2.11. The molecule has 0 unspecified atom stereocenters. The molecule has 0 saturated heterocycles. The quantitative estimate of drug-likeness (QED) is 0.678.